The number of aromatic nitrogens is 3. The molecule has 0 aliphatic heterocycles. The molecule has 3 atom stereocenters. The van der Waals surface area contributed by atoms with Crippen molar-refractivity contribution in [2.75, 3.05) is 0 Å². The van der Waals surface area contributed by atoms with E-state index >= 15 is 0 Å². The van der Waals surface area contributed by atoms with Crippen LogP contribution in [0.4, 0.5) is 0 Å². The van der Waals surface area contributed by atoms with Crippen molar-refractivity contribution < 1.29 is 13.5 Å². The Balaban J connectivity index is 1.43. The first-order valence-electron chi connectivity index (χ1n) is 8.91. The predicted molar refractivity (Wildman–Crippen MR) is 101 cm³/mol. The van der Waals surface area contributed by atoms with Gasteiger partial charge in [0.2, 0.25) is 10.0 Å². The van der Waals surface area contributed by atoms with E-state index in [0.29, 0.717) is 12.8 Å². The van der Waals surface area contributed by atoms with E-state index in [1.165, 1.54) is 0 Å². The molecule has 2 aromatic heterocycles. The van der Waals surface area contributed by atoms with Crippen LogP contribution in [0, 0.1) is 5.92 Å². The SMILES string of the molecule is O=S(=O)(N[C@@H]1CC(Cn2ccnc2)C[C@H]1O)c1ccc(-n2cccc2)cc1. The summed E-state index contributed by atoms with van der Waals surface area (Å²) in [6.45, 7) is 0.723. The maximum atomic E-state index is 12.7. The standard InChI is InChI=1S/C19H22N4O3S/c24-19-12-15(13-22-10-7-20-14-22)11-18(19)21-27(25,26)17-5-3-16(4-6-17)23-8-1-2-9-23/h1-10,14-15,18-19,21,24H,11-13H2/t15?,18-,19-/m1/s1. The van der Waals surface area contributed by atoms with E-state index in [0.717, 1.165) is 12.2 Å². The highest BCUT2D eigenvalue weighted by molar-refractivity contribution is 7.89. The molecule has 4 rings (SSSR count). The fraction of sp³-hybridized carbons (Fsp3) is 0.316. The van der Waals surface area contributed by atoms with Gasteiger partial charge in [0.25, 0.3) is 0 Å². The zero-order valence-electron chi connectivity index (χ0n) is 14.7. The first-order valence-corrected chi connectivity index (χ1v) is 10.4. The Kier molecular flexibility index (Phi) is 4.86. The van der Waals surface area contributed by atoms with Crippen molar-refractivity contribution in [3.8, 4) is 5.69 Å². The van der Waals surface area contributed by atoms with E-state index < -0.39 is 22.2 Å². The third-order valence-corrected chi connectivity index (χ3v) is 6.52. The molecule has 1 aliphatic rings. The van der Waals surface area contributed by atoms with Gasteiger partial charge in [-0.05, 0) is 55.2 Å². The van der Waals surface area contributed by atoms with Crippen LogP contribution in [-0.2, 0) is 16.6 Å². The molecule has 27 heavy (non-hydrogen) atoms. The van der Waals surface area contributed by atoms with E-state index in [9.17, 15) is 13.5 Å². The minimum absolute atomic E-state index is 0.198. The Bertz CT molecular complexity index is 967. The van der Waals surface area contributed by atoms with Crippen LogP contribution in [0.15, 0.2) is 72.4 Å². The van der Waals surface area contributed by atoms with E-state index in [-0.39, 0.29) is 10.8 Å². The summed E-state index contributed by atoms with van der Waals surface area (Å²) in [5.41, 5.74) is 0.889. The monoisotopic (exact) mass is 386 g/mol. The Morgan fingerprint density at radius 2 is 1.85 bits per heavy atom. The number of rotatable bonds is 6. The lowest BCUT2D eigenvalue weighted by molar-refractivity contribution is 0.155. The van der Waals surface area contributed by atoms with Crippen LogP contribution in [0.2, 0.25) is 0 Å². The lowest BCUT2D eigenvalue weighted by Gasteiger charge is -2.17. The third kappa shape index (κ3) is 3.97. The van der Waals surface area contributed by atoms with Gasteiger partial charge < -0.3 is 14.2 Å². The Morgan fingerprint density at radius 3 is 2.52 bits per heavy atom. The number of imidazole rings is 1. The number of sulfonamides is 1. The van der Waals surface area contributed by atoms with Gasteiger partial charge >= 0.3 is 0 Å². The molecule has 0 saturated heterocycles. The van der Waals surface area contributed by atoms with Crippen LogP contribution in [0.25, 0.3) is 5.69 Å². The van der Waals surface area contributed by atoms with Gasteiger partial charge in [-0.3, -0.25) is 0 Å². The molecule has 1 aromatic carbocycles. The first-order chi connectivity index (χ1) is 13.0. The quantitative estimate of drug-likeness (QED) is 0.676. The zero-order valence-corrected chi connectivity index (χ0v) is 15.5. The van der Waals surface area contributed by atoms with Gasteiger partial charge in [0.1, 0.15) is 0 Å². The highest BCUT2D eigenvalue weighted by Crippen LogP contribution is 2.29. The lowest BCUT2D eigenvalue weighted by atomic mass is 10.1. The van der Waals surface area contributed by atoms with Crippen molar-refractivity contribution in [2.24, 2.45) is 5.92 Å². The molecular weight excluding hydrogens is 364 g/mol. The van der Waals surface area contributed by atoms with Gasteiger partial charge in [0.05, 0.1) is 17.3 Å². The minimum atomic E-state index is -3.69. The normalized spacial score (nSPS) is 22.9. The average molecular weight is 386 g/mol. The van der Waals surface area contributed by atoms with Crippen LogP contribution < -0.4 is 4.72 Å². The van der Waals surface area contributed by atoms with Crippen LogP contribution in [0.1, 0.15) is 12.8 Å². The van der Waals surface area contributed by atoms with Crippen molar-refractivity contribution in [3.63, 3.8) is 0 Å². The van der Waals surface area contributed by atoms with Crippen molar-refractivity contribution in [1.29, 1.82) is 0 Å². The largest absolute Gasteiger partial charge is 0.391 e. The molecule has 7 nitrogen and oxygen atoms in total. The van der Waals surface area contributed by atoms with E-state index in [4.69, 9.17) is 0 Å². The molecule has 0 radical (unpaired) electrons. The van der Waals surface area contributed by atoms with Crippen LogP contribution in [0.3, 0.4) is 0 Å². The Hall–Kier alpha value is -2.42. The molecule has 142 valence electrons. The van der Waals surface area contributed by atoms with Gasteiger partial charge in [-0.25, -0.2) is 18.1 Å². The van der Waals surface area contributed by atoms with Gasteiger partial charge in [0.15, 0.2) is 0 Å². The second-order valence-corrected chi connectivity index (χ2v) is 8.69. The molecule has 0 bridgehead atoms. The number of aliphatic hydroxyl groups is 1. The van der Waals surface area contributed by atoms with Crippen molar-refractivity contribution >= 4 is 10.0 Å². The molecule has 1 aliphatic carbocycles. The maximum Gasteiger partial charge on any atom is 0.240 e. The molecule has 1 unspecified atom stereocenters. The number of nitrogens with zero attached hydrogens (tertiary/aromatic N) is 3. The number of nitrogens with one attached hydrogen (secondary N) is 1. The van der Waals surface area contributed by atoms with Crippen molar-refractivity contribution in [2.45, 2.75) is 36.4 Å². The fourth-order valence-electron chi connectivity index (χ4n) is 3.66. The molecule has 0 amide bonds. The summed E-state index contributed by atoms with van der Waals surface area (Å²) >= 11 is 0. The minimum Gasteiger partial charge on any atom is -0.391 e. The molecule has 2 N–H and O–H groups in total. The topological polar surface area (TPSA) is 89.2 Å². The molecule has 8 heteroatoms. The molecule has 1 fully saturated rings. The van der Waals surface area contributed by atoms with Crippen molar-refractivity contribution in [1.82, 2.24) is 18.8 Å². The van der Waals surface area contributed by atoms with Crippen LogP contribution in [0.5, 0.6) is 0 Å². The Morgan fingerprint density at radius 1 is 1.11 bits per heavy atom. The molecule has 3 aromatic rings. The smallest absolute Gasteiger partial charge is 0.240 e. The summed E-state index contributed by atoms with van der Waals surface area (Å²) in [5, 5.41) is 10.3. The van der Waals surface area contributed by atoms with E-state index in [1.807, 2.05) is 39.9 Å². The Labute approximate surface area is 158 Å². The second-order valence-electron chi connectivity index (χ2n) is 6.98. The predicted octanol–water partition coefficient (Wildman–Crippen LogP) is 1.79. The first kappa shape index (κ1) is 18.0. The summed E-state index contributed by atoms with van der Waals surface area (Å²) in [6.07, 6.45) is 9.59. The summed E-state index contributed by atoms with van der Waals surface area (Å²) < 4.78 is 32.0. The molecular formula is C19H22N4O3S. The maximum absolute atomic E-state index is 12.7. The highest BCUT2D eigenvalue weighted by atomic mass is 32.2. The van der Waals surface area contributed by atoms with Crippen molar-refractivity contribution in [3.05, 3.63) is 67.5 Å². The summed E-state index contributed by atoms with van der Waals surface area (Å²) in [7, 11) is -3.69. The highest BCUT2D eigenvalue weighted by Gasteiger charge is 2.35. The number of benzene rings is 1. The zero-order chi connectivity index (χ0) is 18.9. The van der Waals surface area contributed by atoms with Crippen LogP contribution >= 0.6 is 0 Å². The summed E-state index contributed by atoms with van der Waals surface area (Å²) in [6, 6.07) is 10.0. The average Bonchev–Trinajstić information content (AvgIpc) is 3.39. The van der Waals surface area contributed by atoms with Gasteiger partial charge in [-0.1, -0.05) is 0 Å². The lowest BCUT2D eigenvalue weighted by Crippen LogP contribution is -2.39. The molecule has 2 heterocycles. The van der Waals surface area contributed by atoms with Crippen LogP contribution in [-0.4, -0.2) is 39.8 Å². The van der Waals surface area contributed by atoms with E-state index in [1.54, 1.807) is 36.8 Å². The second kappa shape index (κ2) is 7.30. The van der Waals surface area contributed by atoms with Gasteiger partial charge in [-0.15, -0.1) is 0 Å². The molecule has 1 saturated carbocycles. The third-order valence-electron chi connectivity index (χ3n) is 5.01. The number of hydrogen-bond donors (Lipinski definition) is 2. The number of hydrogen-bond acceptors (Lipinski definition) is 4. The fourth-order valence-corrected chi connectivity index (χ4v) is 4.94. The molecule has 0 spiro atoms. The summed E-state index contributed by atoms with van der Waals surface area (Å²) in [5.74, 6) is 0.206. The van der Waals surface area contributed by atoms with Gasteiger partial charge in [0, 0.05) is 43.1 Å². The van der Waals surface area contributed by atoms with Gasteiger partial charge in [-0.2, -0.15) is 0 Å². The number of aliphatic hydroxyl groups excluding tert-OH is 1. The summed E-state index contributed by atoms with van der Waals surface area (Å²) in [4.78, 5) is 4.21. The van der Waals surface area contributed by atoms with E-state index in [2.05, 4.69) is 9.71 Å².